The minimum atomic E-state index is -0.216. The van der Waals surface area contributed by atoms with Crippen LogP contribution in [0.3, 0.4) is 0 Å². The summed E-state index contributed by atoms with van der Waals surface area (Å²) in [5.41, 5.74) is 0.934. The molecule has 2 aliphatic rings. The molecule has 0 radical (unpaired) electrons. The summed E-state index contributed by atoms with van der Waals surface area (Å²) < 4.78 is 18.9. The fraction of sp³-hybridized carbons (Fsp3) is 0.533. The lowest BCUT2D eigenvalue weighted by atomic mass is 9.83. The lowest BCUT2D eigenvalue weighted by Crippen LogP contribution is -2.26. The van der Waals surface area contributed by atoms with Crippen LogP contribution < -0.4 is 4.74 Å². The minimum Gasteiger partial charge on any atom is -0.490 e. The van der Waals surface area contributed by atoms with E-state index in [0.29, 0.717) is 5.78 Å². The molecular formula is C15H17FO2. The molecule has 2 nitrogen and oxygen atoms in total. The third kappa shape index (κ3) is 2.26. The van der Waals surface area contributed by atoms with E-state index in [-0.39, 0.29) is 17.8 Å². The van der Waals surface area contributed by atoms with Crippen molar-refractivity contribution >= 4 is 5.78 Å². The van der Waals surface area contributed by atoms with Gasteiger partial charge in [0.05, 0.1) is 0 Å². The van der Waals surface area contributed by atoms with Crippen molar-refractivity contribution in [3.63, 3.8) is 0 Å². The van der Waals surface area contributed by atoms with E-state index >= 15 is 0 Å². The SMILES string of the molecule is O=C1CCCCC1CC1Cc2cc(F)ccc2O1. The van der Waals surface area contributed by atoms with Crippen LogP contribution in [0, 0.1) is 11.7 Å². The molecule has 1 fully saturated rings. The molecule has 1 aliphatic heterocycles. The van der Waals surface area contributed by atoms with Gasteiger partial charge in [-0.15, -0.1) is 0 Å². The first-order valence-corrected chi connectivity index (χ1v) is 6.70. The zero-order valence-electron chi connectivity index (χ0n) is 10.3. The van der Waals surface area contributed by atoms with E-state index in [4.69, 9.17) is 4.74 Å². The minimum absolute atomic E-state index is 0.0499. The summed E-state index contributed by atoms with van der Waals surface area (Å²) in [5, 5.41) is 0. The Kier molecular flexibility index (Phi) is 3.06. The fourth-order valence-electron chi connectivity index (χ4n) is 3.04. The maximum Gasteiger partial charge on any atom is 0.136 e. The summed E-state index contributed by atoms with van der Waals surface area (Å²) in [6, 6.07) is 4.65. The van der Waals surface area contributed by atoms with Crippen LogP contribution in [0.4, 0.5) is 4.39 Å². The molecule has 0 spiro atoms. The van der Waals surface area contributed by atoms with Gasteiger partial charge >= 0.3 is 0 Å². The highest BCUT2D eigenvalue weighted by Gasteiger charge is 2.30. The van der Waals surface area contributed by atoms with E-state index in [1.54, 1.807) is 6.07 Å². The number of Topliss-reactive ketones (excluding diaryl/α,β-unsaturated/α-hetero) is 1. The molecule has 2 atom stereocenters. The number of carbonyl (C=O) groups is 1. The lowest BCUT2D eigenvalue weighted by molar-refractivity contribution is -0.125. The van der Waals surface area contributed by atoms with Gasteiger partial charge in [-0.2, -0.15) is 0 Å². The van der Waals surface area contributed by atoms with Gasteiger partial charge in [-0.25, -0.2) is 4.39 Å². The number of rotatable bonds is 2. The first-order chi connectivity index (χ1) is 8.72. The zero-order valence-corrected chi connectivity index (χ0v) is 10.3. The van der Waals surface area contributed by atoms with E-state index in [2.05, 4.69) is 0 Å². The second-order valence-electron chi connectivity index (χ2n) is 5.34. The molecule has 1 saturated carbocycles. The molecule has 0 N–H and O–H groups in total. The van der Waals surface area contributed by atoms with Crippen LogP contribution in [0.15, 0.2) is 18.2 Å². The molecular weight excluding hydrogens is 231 g/mol. The summed E-state index contributed by atoms with van der Waals surface area (Å²) in [6.07, 6.45) is 5.46. The average Bonchev–Trinajstić information content (AvgIpc) is 2.73. The maximum absolute atomic E-state index is 13.1. The van der Waals surface area contributed by atoms with Gasteiger partial charge in [0.2, 0.25) is 0 Å². The molecule has 0 saturated heterocycles. The second-order valence-corrected chi connectivity index (χ2v) is 5.34. The number of ether oxygens (including phenoxy) is 1. The largest absolute Gasteiger partial charge is 0.490 e. The monoisotopic (exact) mass is 248 g/mol. The molecule has 2 unspecified atom stereocenters. The zero-order chi connectivity index (χ0) is 12.5. The summed E-state index contributed by atoms with van der Waals surface area (Å²) in [6.45, 7) is 0. The number of carbonyl (C=O) groups excluding carboxylic acids is 1. The topological polar surface area (TPSA) is 26.3 Å². The number of fused-ring (bicyclic) bond motifs is 1. The van der Waals surface area contributed by atoms with Gasteiger partial charge in [-0.3, -0.25) is 4.79 Å². The summed E-state index contributed by atoms with van der Waals surface area (Å²) in [7, 11) is 0. The van der Waals surface area contributed by atoms with Crippen LogP contribution in [0.5, 0.6) is 5.75 Å². The number of ketones is 1. The summed E-state index contributed by atoms with van der Waals surface area (Å²) in [5.74, 6) is 1.10. The van der Waals surface area contributed by atoms with Crippen LogP contribution >= 0.6 is 0 Å². The highest BCUT2D eigenvalue weighted by Crippen LogP contribution is 2.34. The Bertz CT molecular complexity index is 470. The Morgan fingerprint density at radius 1 is 1.33 bits per heavy atom. The molecule has 0 bridgehead atoms. The van der Waals surface area contributed by atoms with Crippen molar-refractivity contribution in [2.75, 3.05) is 0 Å². The van der Waals surface area contributed by atoms with E-state index in [9.17, 15) is 9.18 Å². The number of halogens is 1. The predicted octanol–water partition coefficient (Wildman–Crippen LogP) is 3.28. The second kappa shape index (κ2) is 4.71. The van der Waals surface area contributed by atoms with E-state index in [1.807, 2.05) is 0 Å². The Morgan fingerprint density at radius 3 is 3.06 bits per heavy atom. The summed E-state index contributed by atoms with van der Waals surface area (Å²) in [4.78, 5) is 11.8. The van der Waals surface area contributed by atoms with Crippen LogP contribution in [-0.4, -0.2) is 11.9 Å². The molecule has 0 aromatic heterocycles. The Hall–Kier alpha value is -1.38. The van der Waals surface area contributed by atoms with E-state index < -0.39 is 0 Å². The highest BCUT2D eigenvalue weighted by atomic mass is 19.1. The number of benzene rings is 1. The standard InChI is InChI=1S/C15H17FO2/c16-12-5-6-15-11(7-12)9-13(18-15)8-10-3-1-2-4-14(10)17/h5-7,10,13H,1-4,8-9H2. The van der Waals surface area contributed by atoms with Crippen molar-refractivity contribution in [1.29, 1.82) is 0 Å². The highest BCUT2D eigenvalue weighted by molar-refractivity contribution is 5.81. The van der Waals surface area contributed by atoms with Crippen molar-refractivity contribution in [3.8, 4) is 5.75 Å². The van der Waals surface area contributed by atoms with Crippen molar-refractivity contribution in [2.24, 2.45) is 5.92 Å². The normalized spacial score (nSPS) is 26.8. The quantitative estimate of drug-likeness (QED) is 0.802. The summed E-state index contributed by atoms with van der Waals surface area (Å²) >= 11 is 0. The van der Waals surface area contributed by atoms with E-state index in [0.717, 1.165) is 49.8 Å². The van der Waals surface area contributed by atoms with Gasteiger partial charge in [-0.1, -0.05) is 6.42 Å². The number of hydrogen-bond donors (Lipinski definition) is 0. The molecule has 3 heteroatoms. The number of hydrogen-bond acceptors (Lipinski definition) is 2. The third-order valence-electron chi connectivity index (χ3n) is 3.99. The lowest BCUT2D eigenvalue weighted by Gasteiger charge is -2.23. The Balaban J connectivity index is 1.65. The van der Waals surface area contributed by atoms with Crippen LogP contribution in [-0.2, 0) is 11.2 Å². The molecule has 0 amide bonds. The van der Waals surface area contributed by atoms with Gasteiger partial charge < -0.3 is 4.74 Å². The van der Waals surface area contributed by atoms with Crippen molar-refractivity contribution < 1.29 is 13.9 Å². The van der Waals surface area contributed by atoms with Crippen LogP contribution in [0.25, 0.3) is 0 Å². The first kappa shape index (κ1) is 11.7. The van der Waals surface area contributed by atoms with Crippen LogP contribution in [0.1, 0.15) is 37.7 Å². The van der Waals surface area contributed by atoms with E-state index in [1.165, 1.54) is 12.1 Å². The fourth-order valence-corrected chi connectivity index (χ4v) is 3.04. The Labute approximate surface area is 106 Å². The average molecular weight is 248 g/mol. The van der Waals surface area contributed by atoms with Gasteiger partial charge in [-0.05, 0) is 37.5 Å². The third-order valence-corrected chi connectivity index (χ3v) is 3.99. The van der Waals surface area contributed by atoms with Gasteiger partial charge in [0, 0.05) is 24.3 Å². The van der Waals surface area contributed by atoms with Gasteiger partial charge in [0.1, 0.15) is 23.5 Å². The molecule has 1 aromatic rings. The predicted molar refractivity (Wildman–Crippen MR) is 66.1 cm³/mol. The van der Waals surface area contributed by atoms with Crippen molar-refractivity contribution in [1.82, 2.24) is 0 Å². The van der Waals surface area contributed by atoms with Crippen molar-refractivity contribution in [2.45, 2.75) is 44.6 Å². The molecule has 1 heterocycles. The smallest absolute Gasteiger partial charge is 0.136 e. The molecule has 1 aliphatic carbocycles. The van der Waals surface area contributed by atoms with Gasteiger partial charge in [0.15, 0.2) is 0 Å². The van der Waals surface area contributed by atoms with Crippen molar-refractivity contribution in [3.05, 3.63) is 29.6 Å². The first-order valence-electron chi connectivity index (χ1n) is 6.70. The molecule has 18 heavy (non-hydrogen) atoms. The maximum atomic E-state index is 13.1. The molecule has 96 valence electrons. The molecule has 1 aromatic carbocycles. The molecule has 3 rings (SSSR count). The van der Waals surface area contributed by atoms with Crippen LogP contribution in [0.2, 0.25) is 0 Å². The van der Waals surface area contributed by atoms with Gasteiger partial charge in [0.25, 0.3) is 0 Å². The Morgan fingerprint density at radius 2 is 2.22 bits per heavy atom.